The molecule has 1 saturated heterocycles. The zero-order valence-corrected chi connectivity index (χ0v) is 14.6. The number of thiazole rings is 1. The summed E-state index contributed by atoms with van der Waals surface area (Å²) in [6.07, 6.45) is 6.60. The molecule has 1 aromatic carbocycles. The molecule has 1 aliphatic heterocycles. The Morgan fingerprint density at radius 2 is 2.12 bits per heavy atom. The first kappa shape index (κ1) is 16.9. The molecule has 1 amide bonds. The van der Waals surface area contributed by atoms with Crippen LogP contribution < -0.4 is 10.6 Å². The number of rotatable bonds is 8. The molecule has 2 aromatic rings. The van der Waals surface area contributed by atoms with E-state index in [0.29, 0.717) is 5.56 Å². The minimum atomic E-state index is -0.0149. The number of nitrogens with one attached hydrogen (secondary N) is 2. The Labute approximate surface area is 147 Å². The zero-order valence-electron chi connectivity index (χ0n) is 13.8. The van der Waals surface area contributed by atoms with Crippen LogP contribution in [0, 0.1) is 0 Å². The Bertz CT molecular complexity index is 638. The van der Waals surface area contributed by atoms with Crippen molar-refractivity contribution in [2.45, 2.75) is 25.7 Å². The number of likely N-dealkylation sites (tertiary alicyclic amines) is 1. The molecule has 1 fully saturated rings. The highest BCUT2D eigenvalue weighted by Crippen LogP contribution is 2.19. The van der Waals surface area contributed by atoms with Gasteiger partial charge in [0, 0.05) is 29.4 Å². The average molecular weight is 344 g/mol. The quantitative estimate of drug-likeness (QED) is 0.720. The van der Waals surface area contributed by atoms with E-state index in [1.54, 1.807) is 6.20 Å². The molecule has 0 unspecified atom stereocenters. The van der Waals surface area contributed by atoms with Gasteiger partial charge in [-0.1, -0.05) is 6.07 Å². The molecule has 0 atom stereocenters. The van der Waals surface area contributed by atoms with Crippen LogP contribution in [0.1, 0.15) is 36.0 Å². The standard InChI is InChI=1S/C18H24N4OS/c23-17(19-8-1-2-10-22-11-3-4-12-22)15-6-5-7-16(14-15)21-18-20-9-13-24-18/h5-7,9,13-14H,1-4,8,10-12H2,(H,19,23)(H,20,21). The van der Waals surface area contributed by atoms with E-state index in [1.807, 2.05) is 29.6 Å². The van der Waals surface area contributed by atoms with Crippen molar-refractivity contribution in [1.82, 2.24) is 15.2 Å². The lowest BCUT2D eigenvalue weighted by Gasteiger charge is -2.14. The van der Waals surface area contributed by atoms with E-state index in [9.17, 15) is 4.79 Å². The van der Waals surface area contributed by atoms with Gasteiger partial charge in [0.1, 0.15) is 0 Å². The predicted octanol–water partition coefficient (Wildman–Crippen LogP) is 3.49. The van der Waals surface area contributed by atoms with Gasteiger partial charge in [-0.2, -0.15) is 0 Å². The largest absolute Gasteiger partial charge is 0.352 e. The van der Waals surface area contributed by atoms with Gasteiger partial charge in [-0.25, -0.2) is 4.98 Å². The van der Waals surface area contributed by atoms with Crippen LogP contribution in [0.15, 0.2) is 35.8 Å². The lowest BCUT2D eigenvalue weighted by molar-refractivity contribution is 0.0952. The summed E-state index contributed by atoms with van der Waals surface area (Å²) in [6, 6.07) is 7.53. The lowest BCUT2D eigenvalue weighted by atomic mass is 10.2. The van der Waals surface area contributed by atoms with E-state index < -0.39 is 0 Å². The summed E-state index contributed by atoms with van der Waals surface area (Å²) in [5.41, 5.74) is 1.56. The minimum absolute atomic E-state index is 0.0149. The first-order valence-corrected chi connectivity index (χ1v) is 9.46. The van der Waals surface area contributed by atoms with Gasteiger partial charge in [0.25, 0.3) is 5.91 Å². The molecule has 2 heterocycles. The number of aromatic nitrogens is 1. The Morgan fingerprint density at radius 1 is 1.25 bits per heavy atom. The molecule has 2 N–H and O–H groups in total. The van der Waals surface area contributed by atoms with Gasteiger partial charge in [-0.3, -0.25) is 4.79 Å². The second-order valence-corrected chi connectivity index (χ2v) is 6.95. The van der Waals surface area contributed by atoms with E-state index in [1.165, 1.54) is 37.3 Å². The summed E-state index contributed by atoms with van der Waals surface area (Å²) in [5, 5.41) is 8.97. The predicted molar refractivity (Wildman–Crippen MR) is 99.1 cm³/mol. The summed E-state index contributed by atoms with van der Waals surface area (Å²) >= 11 is 1.53. The van der Waals surface area contributed by atoms with Gasteiger partial charge in [-0.15, -0.1) is 11.3 Å². The summed E-state index contributed by atoms with van der Waals surface area (Å²) in [7, 11) is 0. The van der Waals surface area contributed by atoms with Crippen molar-refractivity contribution in [1.29, 1.82) is 0 Å². The molecule has 6 heteroatoms. The maximum absolute atomic E-state index is 12.3. The number of carbonyl (C=O) groups excluding carboxylic acids is 1. The first-order chi connectivity index (χ1) is 11.8. The zero-order chi connectivity index (χ0) is 16.6. The third kappa shape index (κ3) is 5.04. The Balaban J connectivity index is 1.41. The molecule has 5 nitrogen and oxygen atoms in total. The number of amides is 1. The van der Waals surface area contributed by atoms with E-state index in [0.717, 1.165) is 36.8 Å². The van der Waals surface area contributed by atoms with Crippen LogP contribution in [-0.2, 0) is 0 Å². The van der Waals surface area contributed by atoms with E-state index >= 15 is 0 Å². The fraction of sp³-hybridized carbons (Fsp3) is 0.444. The summed E-state index contributed by atoms with van der Waals surface area (Å²) in [6.45, 7) is 4.37. The van der Waals surface area contributed by atoms with Crippen LogP contribution in [-0.4, -0.2) is 42.0 Å². The van der Waals surface area contributed by atoms with Gasteiger partial charge in [0.15, 0.2) is 5.13 Å². The monoisotopic (exact) mass is 344 g/mol. The number of nitrogens with zero attached hydrogens (tertiary/aromatic N) is 2. The summed E-state index contributed by atoms with van der Waals surface area (Å²) in [4.78, 5) is 19.0. The number of benzene rings is 1. The molecule has 3 rings (SSSR count). The van der Waals surface area contributed by atoms with Crippen LogP contribution >= 0.6 is 11.3 Å². The van der Waals surface area contributed by atoms with E-state index in [-0.39, 0.29) is 5.91 Å². The molecule has 0 radical (unpaired) electrons. The fourth-order valence-corrected chi connectivity index (χ4v) is 3.47. The highest BCUT2D eigenvalue weighted by atomic mass is 32.1. The van der Waals surface area contributed by atoms with Crippen LogP contribution in [0.3, 0.4) is 0 Å². The first-order valence-electron chi connectivity index (χ1n) is 8.58. The SMILES string of the molecule is O=C(NCCCCN1CCCC1)c1cccc(Nc2nccs2)c1. The molecule has 0 spiro atoms. The van der Waals surface area contributed by atoms with Gasteiger partial charge >= 0.3 is 0 Å². The van der Waals surface area contributed by atoms with Gasteiger partial charge in [0.05, 0.1) is 0 Å². The summed E-state index contributed by atoms with van der Waals surface area (Å²) < 4.78 is 0. The van der Waals surface area contributed by atoms with E-state index in [4.69, 9.17) is 0 Å². The number of hydrogen-bond acceptors (Lipinski definition) is 5. The Morgan fingerprint density at radius 3 is 2.92 bits per heavy atom. The molecule has 0 aliphatic carbocycles. The van der Waals surface area contributed by atoms with Crippen molar-refractivity contribution < 1.29 is 4.79 Å². The van der Waals surface area contributed by atoms with Crippen LogP contribution in [0.4, 0.5) is 10.8 Å². The molecule has 24 heavy (non-hydrogen) atoms. The number of unbranched alkanes of at least 4 members (excludes halogenated alkanes) is 1. The van der Waals surface area contributed by atoms with Crippen molar-refractivity contribution in [2.24, 2.45) is 0 Å². The number of anilines is 2. The Hall–Kier alpha value is -1.92. The normalized spacial score (nSPS) is 14.7. The Kier molecular flexibility index (Phi) is 6.20. The third-order valence-electron chi connectivity index (χ3n) is 4.19. The minimum Gasteiger partial charge on any atom is -0.352 e. The second kappa shape index (κ2) is 8.80. The van der Waals surface area contributed by atoms with Gasteiger partial charge < -0.3 is 15.5 Å². The highest BCUT2D eigenvalue weighted by Gasteiger charge is 2.10. The molecule has 128 valence electrons. The highest BCUT2D eigenvalue weighted by molar-refractivity contribution is 7.13. The number of carbonyl (C=O) groups is 1. The third-order valence-corrected chi connectivity index (χ3v) is 4.88. The van der Waals surface area contributed by atoms with Crippen molar-refractivity contribution in [3.63, 3.8) is 0 Å². The molecule has 1 aromatic heterocycles. The molecule has 0 saturated carbocycles. The number of hydrogen-bond donors (Lipinski definition) is 2. The average Bonchev–Trinajstić information content (AvgIpc) is 3.28. The van der Waals surface area contributed by atoms with Crippen molar-refractivity contribution >= 4 is 28.1 Å². The molecular formula is C18H24N4OS. The van der Waals surface area contributed by atoms with Crippen LogP contribution in [0.5, 0.6) is 0 Å². The summed E-state index contributed by atoms with van der Waals surface area (Å²) in [5.74, 6) is -0.0149. The van der Waals surface area contributed by atoms with Crippen molar-refractivity contribution in [3.05, 3.63) is 41.4 Å². The fourth-order valence-electron chi connectivity index (χ4n) is 2.92. The maximum atomic E-state index is 12.3. The second-order valence-electron chi connectivity index (χ2n) is 6.05. The van der Waals surface area contributed by atoms with Crippen molar-refractivity contribution in [2.75, 3.05) is 31.5 Å². The van der Waals surface area contributed by atoms with Crippen molar-refractivity contribution in [3.8, 4) is 0 Å². The molecular weight excluding hydrogens is 320 g/mol. The van der Waals surface area contributed by atoms with Gasteiger partial charge in [-0.05, 0) is 63.5 Å². The van der Waals surface area contributed by atoms with Crippen LogP contribution in [0.2, 0.25) is 0 Å². The smallest absolute Gasteiger partial charge is 0.251 e. The van der Waals surface area contributed by atoms with E-state index in [2.05, 4.69) is 20.5 Å². The maximum Gasteiger partial charge on any atom is 0.251 e. The molecule has 1 aliphatic rings. The topological polar surface area (TPSA) is 57.3 Å². The van der Waals surface area contributed by atoms with Gasteiger partial charge in [0.2, 0.25) is 0 Å². The lowest BCUT2D eigenvalue weighted by Crippen LogP contribution is -2.26. The van der Waals surface area contributed by atoms with Crippen LogP contribution in [0.25, 0.3) is 0 Å². The molecule has 0 bridgehead atoms.